The van der Waals surface area contributed by atoms with Crippen molar-refractivity contribution in [2.75, 3.05) is 26.2 Å². The van der Waals surface area contributed by atoms with Crippen LogP contribution in [0.25, 0.3) is 0 Å². The van der Waals surface area contributed by atoms with Gasteiger partial charge in [-0.05, 0) is 44.2 Å². The molecule has 0 spiro atoms. The van der Waals surface area contributed by atoms with Crippen molar-refractivity contribution in [3.05, 3.63) is 21.3 Å². The highest BCUT2D eigenvalue weighted by molar-refractivity contribution is 7.17. The van der Waals surface area contributed by atoms with Gasteiger partial charge in [0.05, 0.1) is 9.21 Å². The number of rotatable bonds is 7. The molecule has 8 heteroatoms. The van der Waals surface area contributed by atoms with Crippen molar-refractivity contribution in [2.24, 2.45) is 16.8 Å². The van der Waals surface area contributed by atoms with Gasteiger partial charge in [-0.2, -0.15) is 0 Å². The molecule has 29 heavy (non-hydrogen) atoms. The molecule has 0 radical (unpaired) electrons. The van der Waals surface area contributed by atoms with Gasteiger partial charge >= 0.3 is 0 Å². The largest absolute Gasteiger partial charge is 0.357 e. The summed E-state index contributed by atoms with van der Waals surface area (Å²) in [6, 6.07) is 3.92. The normalized spacial score (nSPS) is 22.3. The number of hydrogen-bond acceptors (Lipinski definition) is 5. The van der Waals surface area contributed by atoms with Crippen LogP contribution in [0.4, 0.5) is 0 Å². The Morgan fingerprint density at radius 1 is 1.21 bits per heavy atom. The fraction of sp³-hybridized carbons (Fsp3) is 0.667. The van der Waals surface area contributed by atoms with Crippen molar-refractivity contribution in [1.29, 1.82) is 0 Å². The van der Waals surface area contributed by atoms with Crippen molar-refractivity contribution < 1.29 is 9.59 Å². The number of thiophene rings is 1. The van der Waals surface area contributed by atoms with Gasteiger partial charge in [-0.1, -0.05) is 25.4 Å². The fourth-order valence-corrected chi connectivity index (χ4v) is 5.16. The van der Waals surface area contributed by atoms with Crippen molar-refractivity contribution in [1.82, 2.24) is 15.5 Å². The van der Waals surface area contributed by atoms with Gasteiger partial charge in [0, 0.05) is 44.1 Å². The number of amidine groups is 1. The Morgan fingerprint density at radius 3 is 2.59 bits per heavy atom. The monoisotopic (exact) mass is 438 g/mol. The molecular weight excluding hydrogens is 408 g/mol. The zero-order chi connectivity index (χ0) is 20.8. The first-order chi connectivity index (χ1) is 14.0. The number of nitrogens with zero attached hydrogens (tertiary/aromatic N) is 2. The van der Waals surface area contributed by atoms with Crippen LogP contribution in [0.2, 0.25) is 4.34 Å². The van der Waals surface area contributed by atoms with Crippen molar-refractivity contribution in [3.8, 4) is 0 Å². The molecule has 1 aliphatic heterocycles. The van der Waals surface area contributed by atoms with Gasteiger partial charge in [-0.15, -0.1) is 11.3 Å². The van der Waals surface area contributed by atoms with Gasteiger partial charge < -0.3 is 15.5 Å². The summed E-state index contributed by atoms with van der Waals surface area (Å²) >= 11 is 7.10. The van der Waals surface area contributed by atoms with Crippen molar-refractivity contribution in [3.63, 3.8) is 0 Å². The van der Waals surface area contributed by atoms with Crippen LogP contribution in [-0.2, 0) is 4.79 Å². The van der Waals surface area contributed by atoms with E-state index in [1.807, 2.05) is 0 Å². The maximum absolute atomic E-state index is 12.5. The molecule has 2 heterocycles. The second kappa shape index (κ2) is 10.4. The first-order valence-electron chi connectivity index (χ1n) is 10.6. The number of carbonyl (C=O) groups excluding carboxylic acids is 2. The summed E-state index contributed by atoms with van der Waals surface area (Å²) in [6.45, 7) is 7.31. The predicted molar refractivity (Wildman–Crippen MR) is 119 cm³/mol. The zero-order valence-corrected chi connectivity index (χ0v) is 18.8. The molecule has 2 amide bonds. The SMILES string of the molecule is CC(C)C1=NCCCN1C1CCC(C(=O)NCCNC(=O)c2ccc(Cl)s2)CC1. The Bertz CT molecular complexity index is 741. The first kappa shape index (κ1) is 22.1. The van der Waals surface area contributed by atoms with Gasteiger partial charge in [-0.3, -0.25) is 14.6 Å². The van der Waals surface area contributed by atoms with Gasteiger partial charge in [0.2, 0.25) is 5.91 Å². The number of hydrogen-bond donors (Lipinski definition) is 2. The highest BCUT2D eigenvalue weighted by Crippen LogP contribution is 2.30. The van der Waals surface area contributed by atoms with E-state index in [2.05, 4.69) is 29.4 Å². The maximum atomic E-state index is 12.5. The number of carbonyl (C=O) groups is 2. The molecule has 1 aromatic rings. The smallest absolute Gasteiger partial charge is 0.261 e. The molecule has 6 nitrogen and oxygen atoms in total. The molecule has 3 rings (SSSR count). The van der Waals surface area contributed by atoms with Crippen LogP contribution < -0.4 is 10.6 Å². The third kappa shape index (κ3) is 5.95. The Balaban J connectivity index is 1.37. The Hall–Kier alpha value is -1.60. The number of amides is 2. The molecular formula is C21H31ClN4O2S. The molecule has 0 aromatic carbocycles. The van der Waals surface area contributed by atoms with Gasteiger partial charge in [-0.25, -0.2) is 0 Å². The third-order valence-electron chi connectivity index (χ3n) is 5.66. The zero-order valence-electron chi connectivity index (χ0n) is 17.2. The van der Waals surface area contributed by atoms with Crippen molar-refractivity contribution in [2.45, 2.75) is 52.0 Å². The summed E-state index contributed by atoms with van der Waals surface area (Å²) in [4.78, 5) is 32.3. The molecule has 2 aliphatic rings. The molecule has 0 saturated heterocycles. The minimum atomic E-state index is -0.152. The fourth-order valence-electron chi connectivity index (χ4n) is 4.20. The molecule has 1 fully saturated rings. The van der Waals surface area contributed by atoms with Crippen LogP contribution in [0.1, 0.15) is 55.6 Å². The standard InChI is InChI=1S/C21H31ClN4O2S/c1-14(2)19-23-10-3-13-26(19)16-6-4-15(5-7-16)20(27)24-11-12-25-21(28)17-8-9-18(22)29-17/h8-9,14-16H,3-7,10-13H2,1-2H3,(H,24,27)(H,25,28). The molecule has 0 atom stereocenters. The molecule has 0 bridgehead atoms. The number of nitrogens with one attached hydrogen (secondary N) is 2. The lowest BCUT2D eigenvalue weighted by Gasteiger charge is -2.41. The van der Waals surface area contributed by atoms with E-state index >= 15 is 0 Å². The molecule has 0 unspecified atom stereocenters. The van der Waals surface area contributed by atoms with Gasteiger partial charge in [0.1, 0.15) is 5.84 Å². The maximum Gasteiger partial charge on any atom is 0.261 e. The van der Waals surface area contributed by atoms with Crippen LogP contribution in [0.5, 0.6) is 0 Å². The molecule has 1 aromatic heterocycles. The number of aliphatic imine (C=N–C) groups is 1. The van der Waals surface area contributed by atoms with Gasteiger partial charge in [0.25, 0.3) is 5.91 Å². The first-order valence-corrected chi connectivity index (χ1v) is 11.8. The van der Waals surface area contributed by atoms with E-state index in [1.165, 1.54) is 17.2 Å². The van der Waals surface area contributed by atoms with Crippen LogP contribution in [0, 0.1) is 11.8 Å². The lowest BCUT2D eigenvalue weighted by molar-refractivity contribution is -0.126. The number of halogens is 1. The van der Waals surface area contributed by atoms with E-state index in [1.54, 1.807) is 12.1 Å². The van der Waals surface area contributed by atoms with Crippen LogP contribution in [-0.4, -0.2) is 54.8 Å². The highest BCUT2D eigenvalue weighted by atomic mass is 35.5. The van der Waals surface area contributed by atoms with Gasteiger partial charge in [0.15, 0.2) is 0 Å². The van der Waals surface area contributed by atoms with Crippen molar-refractivity contribution >= 4 is 40.6 Å². The van der Waals surface area contributed by atoms with E-state index in [4.69, 9.17) is 16.6 Å². The molecule has 1 saturated carbocycles. The van der Waals surface area contributed by atoms with E-state index in [0.29, 0.717) is 34.3 Å². The summed E-state index contributed by atoms with van der Waals surface area (Å²) in [6.07, 6.45) is 5.04. The Labute approximate surface area is 182 Å². The predicted octanol–water partition coefficient (Wildman–Crippen LogP) is 3.57. The lowest BCUT2D eigenvalue weighted by atomic mass is 9.84. The summed E-state index contributed by atoms with van der Waals surface area (Å²) in [5, 5.41) is 5.79. The second-order valence-corrected chi connectivity index (χ2v) is 9.81. The Kier molecular flexibility index (Phi) is 7.95. The van der Waals surface area contributed by atoms with Crippen LogP contribution >= 0.6 is 22.9 Å². The topological polar surface area (TPSA) is 73.8 Å². The van der Waals surface area contributed by atoms with Crippen LogP contribution in [0.15, 0.2) is 17.1 Å². The quantitative estimate of drug-likeness (QED) is 0.639. The van der Waals surface area contributed by atoms with E-state index in [-0.39, 0.29) is 17.7 Å². The minimum Gasteiger partial charge on any atom is -0.357 e. The highest BCUT2D eigenvalue weighted by Gasteiger charge is 2.32. The minimum absolute atomic E-state index is 0.0716. The second-order valence-electron chi connectivity index (χ2n) is 8.10. The third-order valence-corrected chi connectivity index (χ3v) is 6.89. The Morgan fingerprint density at radius 2 is 1.93 bits per heavy atom. The molecule has 1 aliphatic carbocycles. The summed E-state index contributed by atoms with van der Waals surface area (Å²) < 4.78 is 0.593. The van der Waals surface area contributed by atoms with E-state index in [9.17, 15) is 9.59 Å². The lowest BCUT2D eigenvalue weighted by Crippen LogP contribution is -2.48. The average Bonchev–Trinajstić information content (AvgIpc) is 3.17. The van der Waals surface area contributed by atoms with Crippen LogP contribution in [0.3, 0.4) is 0 Å². The van der Waals surface area contributed by atoms with E-state index < -0.39 is 0 Å². The summed E-state index contributed by atoms with van der Waals surface area (Å²) in [7, 11) is 0. The van der Waals surface area contributed by atoms with E-state index in [0.717, 1.165) is 45.2 Å². The summed E-state index contributed by atoms with van der Waals surface area (Å²) in [5.74, 6) is 1.72. The molecule has 2 N–H and O–H groups in total. The summed E-state index contributed by atoms with van der Waals surface area (Å²) in [5.41, 5.74) is 0. The average molecular weight is 439 g/mol. The molecule has 160 valence electrons.